The molecule has 4 N–H and O–H groups in total. The predicted octanol–water partition coefficient (Wildman–Crippen LogP) is 1.88. The first-order valence-corrected chi connectivity index (χ1v) is 6.57. The molecule has 0 saturated carbocycles. The lowest BCUT2D eigenvalue weighted by atomic mass is 10.1. The van der Waals surface area contributed by atoms with Gasteiger partial charge in [0.25, 0.3) is 0 Å². The Kier molecular flexibility index (Phi) is 3.74. The van der Waals surface area contributed by atoms with Crippen LogP contribution in [0.1, 0.15) is 30.9 Å². The molecule has 1 aromatic rings. The van der Waals surface area contributed by atoms with Gasteiger partial charge in [-0.1, -0.05) is 19.4 Å². The summed E-state index contributed by atoms with van der Waals surface area (Å²) in [5.74, 6) is 0.672. The molecule has 2 rings (SSSR count). The Morgan fingerprint density at radius 2 is 1.95 bits per heavy atom. The van der Waals surface area contributed by atoms with Crippen LogP contribution < -0.4 is 16.4 Å². The Hall–Kier alpha value is -2.04. The smallest absolute Gasteiger partial charge is 0.220 e. The second-order valence-electron chi connectivity index (χ2n) is 4.87. The van der Waals surface area contributed by atoms with Crippen LogP contribution in [0.15, 0.2) is 28.2 Å². The topological polar surface area (TPSA) is 80.0 Å². The van der Waals surface area contributed by atoms with Gasteiger partial charge in [-0.15, -0.1) is 0 Å². The third-order valence-corrected chi connectivity index (χ3v) is 3.37. The van der Waals surface area contributed by atoms with Crippen molar-refractivity contribution in [2.75, 3.05) is 4.90 Å². The molecule has 1 unspecified atom stereocenters. The fourth-order valence-corrected chi connectivity index (χ4v) is 2.19. The summed E-state index contributed by atoms with van der Waals surface area (Å²) in [5.41, 5.74) is 15.2. The zero-order chi connectivity index (χ0) is 14.0. The van der Waals surface area contributed by atoms with Gasteiger partial charge in [0.15, 0.2) is 0 Å². The summed E-state index contributed by atoms with van der Waals surface area (Å²) in [6, 6.07) is 6.24. The largest absolute Gasteiger partial charge is 0.369 e. The van der Waals surface area contributed by atoms with E-state index in [4.69, 9.17) is 11.5 Å². The quantitative estimate of drug-likeness (QED) is 0.869. The van der Waals surface area contributed by atoms with E-state index >= 15 is 0 Å². The van der Waals surface area contributed by atoms with Gasteiger partial charge in [-0.3, -0.25) is 4.90 Å². The number of hydrogen-bond acceptors (Lipinski definition) is 5. The molecule has 1 aromatic carbocycles. The molecule has 0 amide bonds. The first kappa shape index (κ1) is 13.4. The van der Waals surface area contributed by atoms with Crippen LogP contribution in [0.5, 0.6) is 0 Å². The molecule has 5 heteroatoms. The van der Waals surface area contributed by atoms with E-state index in [1.165, 1.54) is 11.1 Å². The molecule has 0 fully saturated rings. The normalized spacial score (nSPS) is 19.1. The number of guanidine groups is 2. The number of hydrogen-bond donors (Lipinski definition) is 2. The minimum absolute atomic E-state index is 0.0652. The van der Waals surface area contributed by atoms with Gasteiger partial charge >= 0.3 is 0 Å². The lowest BCUT2D eigenvalue weighted by molar-refractivity contribution is 0.612. The molecule has 0 spiro atoms. The van der Waals surface area contributed by atoms with E-state index in [1.54, 1.807) is 0 Å². The fourth-order valence-electron chi connectivity index (χ4n) is 2.19. The Balaban J connectivity index is 2.39. The second kappa shape index (κ2) is 5.30. The zero-order valence-corrected chi connectivity index (χ0v) is 11.7. The maximum absolute atomic E-state index is 6.03. The third-order valence-electron chi connectivity index (χ3n) is 3.37. The van der Waals surface area contributed by atoms with Crippen molar-refractivity contribution in [3.05, 3.63) is 29.3 Å². The lowest BCUT2D eigenvalue weighted by Gasteiger charge is -2.32. The van der Waals surface area contributed by atoms with Crippen molar-refractivity contribution >= 4 is 17.6 Å². The highest BCUT2D eigenvalue weighted by molar-refractivity contribution is 6.04. The highest BCUT2D eigenvalue weighted by Gasteiger charge is 2.25. The van der Waals surface area contributed by atoms with Crippen LogP contribution in [0.4, 0.5) is 5.69 Å². The summed E-state index contributed by atoms with van der Waals surface area (Å²) in [6.45, 7) is 6.29. The second-order valence-corrected chi connectivity index (χ2v) is 4.87. The molecule has 5 nitrogen and oxygen atoms in total. The minimum atomic E-state index is -0.0652. The maximum Gasteiger partial charge on any atom is 0.220 e. The van der Waals surface area contributed by atoms with Crippen LogP contribution in [0.3, 0.4) is 0 Å². The monoisotopic (exact) mass is 259 g/mol. The van der Waals surface area contributed by atoms with Crippen LogP contribution in [-0.4, -0.2) is 18.1 Å². The van der Waals surface area contributed by atoms with Gasteiger partial charge in [0.05, 0.1) is 0 Å². The van der Waals surface area contributed by atoms with Gasteiger partial charge in [-0.2, -0.15) is 4.99 Å². The molecule has 102 valence electrons. The molecule has 1 aliphatic heterocycles. The number of aryl methyl sites for hydroxylation is 2. The number of aliphatic imine (C=N–C) groups is 2. The highest BCUT2D eigenvalue weighted by atomic mass is 15.4. The number of nitrogens with zero attached hydrogens (tertiary/aromatic N) is 3. The third kappa shape index (κ3) is 2.70. The number of nitrogens with two attached hydrogens (primary N) is 2. The first-order valence-electron chi connectivity index (χ1n) is 6.57. The summed E-state index contributed by atoms with van der Waals surface area (Å²) < 4.78 is 0. The SMILES string of the molecule is CCCC1N=C(N)N=C(N)N1c1ccc(C)c(C)c1. The molecule has 0 aliphatic carbocycles. The molecule has 0 bridgehead atoms. The molecule has 19 heavy (non-hydrogen) atoms. The van der Waals surface area contributed by atoms with Gasteiger partial charge < -0.3 is 11.5 Å². The highest BCUT2D eigenvalue weighted by Crippen LogP contribution is 2.24. The van der Waals surface area contributed by atoms with Crippen LogP contribution in [0, 0.1) is 13.8 Å². The Bertz CT molecular complexity index is 533. The van der Waals surface area contributed by atoms with Gasteiger partial charge in [0.1, 0.15) is 6.17 Å². The summed E-state index contributed by atoms with van der Waals surface area (Å²) >= 11 is 0. The minimum Gasteiger partial charge on any atom is -0.369 e. The Labute approximate surface area is 114 Å². The molecule has 0 radical (unpaired) electrons. The predicted molar refractivity (Wildman–Crippen MR) is 80.3 cm³/mol. The molecule has 0 saturated heterocycles. The molecular weight excluding hydrogens is 238 g/mol. The van der Waals surface area contributed by atoms with Gasteiger partial charge in [0, 0.05) is 5.69 Å². The van der Waals surface area contributed by atoms with Crippen molar-refractivity contribution < 1.29 is 0 Å². The van der Waals surface area contributed by atoms with Crippen LogP contribution in [0.25, 0.3) is 0 Å². The molecule has 1 heterocycles. The van der Waals surface area contributed by atoms with Crippen molar-refractivity contribution in [2.45, 2.75) is 39.8 Å². The molecule has 1 aliphatic rings. The molecule has 0 aromatic heterocycles. The van der Waals surface area contributed by atoms with E-state index in [0.717, 1.165) is 18.5 Å². The number of anilines is 1. The van der Waals surface area contributed by atoms with Crippen molar-refractivity contribution in [1.29, 1.82) is 0 Å². The van der Waals surface area contributed by atoms with Crippen molar-refractivity contribution in [3.63, 3.8) is 0 Å². The maximum atomic E-state index is 6.03. The number of benzene rings is 1. The summed E-state index contributed by atoms with van der Waals surface area (Å²) in [7, 11) is 0. The molecular formula is C14H21N5. The van der Waals surface area contributed by atoms with E-state index in [-0.39, 0.29) is 12.1 Å². The van der Waals surface area contributed by atoms with Crippen LogP contribution >= 0.6 is 0 Å². The number of rotatable bonds is 3. The molecule has 1 atom stereocenters. The van der Waals surface area contributed by atoms with Crippen molar-refractivity contribution in [1.82, 2.24) is 0 Å². The van der Waals surface area contributed by atoms with Crippen molar-refractivity contribution in [3.8, 4) is 0 Å². The van der Waals surface area contributed by atoms with E-state index < -0.39 is 0 Å². The van der Waals surface area contributed by atoms with Gasteiger partial charge in [-0.05, 0) is 43.5 Å². The summed E-state index contributed by atoms with van der Waals surface area (Å²) in [6.07, 6.45) is 1.84. The summed E-state index contributed by atoms with van der Waals surface area (Å²) in [5, 5.41) is 0. The van der Waals surface area contributed by atoms with E-state index in [1.807, 2.05) is 11.0 Å². The van der Waals surface area contributed by atoms with Gasteiger partial charge in [-0.25, -0.2) is 4.99 Å². The van der Waals surface area contributed by atoms with Crippen LogP contribution in [0.2, 0.25) is 0 Å². The summed E-state index contributed by atoms with van der Waals surface area (Å²) in [4.78, 5) is 10.4. The lowest BCUT2D eigenvalue weighted by Crippen LogP contribution is -2.48. The van der Waals surface area contributed by atoms with E-state index in [0.29, 0.717) is 5.96 Å². The van der Waals surface area contributed by atoms with Crippen LogP contribution in [-0.2, 0) is 0 Å². The standard InChI is InChI=1S/C14H21N5/c1-4-5-12-17-13(15)18-14(16)19(12)11-7-6-9(2)10(3)8-11/h6-8,12H,4-5H2,1-3H3,(H4,15,16,17,18). The zero-order valence-electron chi connectivity index (χ0n) is 11.7. The average molecular weight is 259 g/mol. The van der Waals surface area contributed by atoms with Crippen molar-refractivity contribution in [2.24, 2.45) is 21.5 Å². The van der Waals surface area contributed by atoms with Gasteiger partial charge in [0.2, 0.25) is 11.9 Å². The Morgan fingerprint density at radius 3 is 2.58 bits per heavy atom. The first-order chi connectivity index (χ1) is 9.02. The fraction of sp³-hybridized carbons (Fsp3) is 0.429. The average Bonchev–Trinajstić information content (AvgIpc) is 2.33. The Morgan fingerprint density at radius 1 is 1.21 bits per heavy atom. The van der Waals surface area contributed by atoms with E-state index in [2.05, 4.69) is 42.9 Å². The van der Waals surface area contributed by atoms with E-state index in [9.17, 15) is 0 Å².